The molecular weight excluding hydrogens is 166 g/mol. The number of nitrogens with one attached hydrogen (secondary N) is 1. The van der Waals surface area contributed by atoms with Crippen LogP contribution in [0.2, 0.25) is 0 Å². The van der Waals surface area contributed by atoms with Gasteiger partial charge in [-0.15, -0.1) is 0 Å². The molecule has 0 saturated heterocycles. The van der Waals surface area contributed by atoms with E-state index in [1.807, 2.05) is 0 Å². The van der Waals surface area contributed by atoms with Crippen LogP contribution in [0.25, 0.3) is 0 Å². The third-order valence-electron chi connectivity index (χ3n) is 1.18. The average molecular weight is 181 g/mol. The van der Waals surface area contributed by atoms with Gasteiger partial charge in [-0.2, -0.15) is 17.4 Å². The van der Waals surface area contributed by atoms with E-state index >= 15 is 0 Å². The number of hydrogen-bond acceptors (Lipinski definition) is 3. The van der Waals surface area contributed by atoms with E-state index in [9.17, 15) is 8.42 Å². The topological polar surface area (TPSA) is 75.4 Å². The second kappa shape index (κ2) is 4.01. The summed E-state index contributed by atoms with van der Waals surface area (Å²) in [5.74, 6) is 0. The van der Waals surface area contributed by atoms with Gasteiger partial charge in [0.1, 0.15) is 0 Å². The zero-order valence-electron chi connectivity index (χ0n) is 7.03. The molecule has 3 N–H and O–H groups in total. The van der Waals surface area contributed by atoms with Gasteiger partial charge < -0.3 is 5.73 Å². The predicted octanol–water partition coefficient (Wildman–Crippen LogP) is -1.27. The summed E-state index contributed by atoms with van der Waals surface area (Å²) in [7, 11) is -0.378. The van der Waals surface area contributed by atoms with E-state index in [4.69, 9.17) is 5.73 Å². The molecule has 5 nitrogen and oxygen atoms in total. The van der Waals surface area contributed by atoms with Crippen molar-refractivity contribution in [2.24, 2.45) is 5.73 Å². The molecule has 0 rings (SSSR count). The fourth-order valence-electron chi connectivity index (χ4n) is 0.408. The van der Waals surface area contributed by atoms with Crippen molar-refractivity contribution in [3.05, 3.63) is 0 Å². The third kappa shape index (κ3) is 3.66. The summed E-state index contributed by atoms with van der Waals surface area (Å²) in [4.78, 5) is 0. The molecule has 0 bridgehead atoms. The van der Waals surface area contributed by atoms with E-state index in [0.29, 0.717) is 6.54 Å². The molecule has 0 saturated carbocycles. The van der Waals surface area contributed by atoms with E-state index in [0.717, 1.165) is 4.31 Å². The van der Waals surface area contributed by atoms with Crippen molar-refractivity contribution in [2.45, 2.75) is 13.0 Å². The zero-order valence-corrected chi connectivity index (χ0v) is 7.85. The van der Waals surface area contributed by atoms with Gasteiger partial charge in [0.2, 0.25) is 0 Å². The second-order valence-corrected chi connectivity index (χ2v) is 4.46. The molecule has 0 amide bonds. The van der Waals surface area contributed by atoms with Crippen LogP contribution in [0.1, 0.15) is 6.92 Å². The van der Waals surface area contributed by atoms with Gasteiger partial charge >= 0.3 is 0 Å². The first-order chi connectivity index (χ1) is 4.90. The molecule has 0 heterocycles. The first kappa shape index (κ1) is 10.8. The van der Waals surface area contributed by atoms with Crippen LogP contribution in [-0.4, -0.2) is 39.4 Å². The fourth-order valence-corrected chi connectivity index (χ4v) is 1.22. The first-order valence-corrected chi connectivity index (χ1v) is 4.74. The van der Waals surface area contributed by atoms with Crippen molar-refractivity contribution in [1.82, 2.24) is 9.03 Å². The SMILES string of the molecule is C[C@H](CN)NS(=O)(=O)N(C)C. The lowest BCUT2D eigenvalue weighted by Crippen LogP contribution is -2.43. The van der Waals surface area contributed by atoms with Crippen LogP contribution < -0.4 is 10.5 Å². The maximum Gasteiger partial charge on any atom is 0.279 e. The molecule has 11 heavy (non-hydrogen) atoms. The molecule has 0 aliphatic rings. The highest BCUT2D eigenvalue weighted by atomic mass is 32.2. The molecule has 0 aromatic rings. The van der Waals surface area contributed by atoms with Gasteiger partial charge in [0, 0.05) is 26.7 Å². The van der Waals surface area contributed by atoms with Crippen LogP contribution in [0.5, 0.6) is 0 Å². The highest BCUT2D eigenvalue weighted by Crippen LogP contribution is 1.90. The Morgan fingerprint density at radius 1 is 1.55 bits per heavy atom. The molecule has 0 fully saturated rings. The van der Waals surface area contributed by atoms with Gasteiger partial charge in [0.25, 0.3) is 10.2 Å². The lowest BCUT2D eigenvalue weighted by Gasteiger charge is -2.15. The van der Waals surface area contributed by atoms with Crippen LogP contribution in [0.4, 0.5) is 0 Å². The number of nitrogens with two attached hydrogens (primary N) is 1. The molecule has 0 aliphatic heterocycles. The maximum absolute atomic E-state index is 11.1. The van der Waals surface area contributed by atoms with Gasteiger partial charge in [0.15, 0.2) is 0 Å². The Hall–Kier alpha value is -0.170. The summed E-state index contributed by atoms with van der Waals surface area (Å²) in [6, 6.07) is -0.220. The summed E-state index contributed by atoms with van der Waals surface area (Å²) < 4.78 is 25.6. The van der Waals surface area contributed by atoms with E-state index in [1.165, 1.54) is 14.1 Å². The van der Waals surface area contributed by atoms with E-state index in [2.05, 4.69) is 4.72 Å². The lowest BCUT2D eigenvalue weighted by atomic mass is 10.4. The Kier molecular flexibility index (Phi) is 3.95. The molecule has 0 aromatic carbocycles. The molecular formula is C5H15N3O2S. The molecule has 0 spiro atoms. The molecule has 6 heteroatoms. The Morgan fingerprint density at radius 3 is 2.27 bits per heavy atom. The van der Waals surface area contributed by atoms with Crippen molar-refractivity contribution in [3.8, 4) is 0 Å². The highest BCUT2D eigenvalue weighted by Gasteiger charge is 2.14. The first-order valence-electron chi connectivity index (χ1n) is 3.30. The van der Waals surface area contributed by atoms with Gasteiger partial charge in [-0.05, 0) is 6.92 Å². The smallest absolute Gasteiger partial charge is 0.279 e. The van der Waals surface area contributed by atoms with Crippen LogP contribution in [-0.2, 0) is 10.2 Å². The molecule has 0 radical (unpaired) electrons. The second-order valence-electron chi connectivity index (χ2n) is 2.54. The van der Waals surface area contributed by atoms with Crippen LogP contribution in [0.3, 0.4) is 0 Å². The standard InChI is InChI=1S/C5H15N3O2S/c1-5(4-6)7-11(9,10)8(2)3/h5,7H,4,6H2,1-3H3/t5-/m1/s1. The van der Waals surface area contributed by atoms with E-state index in [-0.39, 0.29) is 6.04 Å². The zero-order chi connectivity index (χ0) is 9.07. The van der Waals surface area contributed by atoms with Crippen LogP contribution >= 0.6 is 0 Å². The summed E-state index contributed by atoms with van der Waals surface area (Å²) in [5.41, 5.74) is 5.23. The number of hydrogen-bond donors (Lipinski definition) is 2. The molecule has 1 atom stereocenters. The third-order valence-corrected chi connectivity index (χ3v) is 2.85. The highest BCUT2D eigenvalue weighted by molar-refractivity contribution is 7.87. The molecule has 0 aliphatic carbocycles. The van der Waals surface area contributed by atoms with Gasteiger partial charge in [-0.1, -0.05) is 0 Å². The van der Waals surface area contributed by atoms with Gasteiger partial charge in [-0.25, -0.2) is 0 Å². The van der Waals surface area contributed by atoms with Crippen LogP contribution in [0.15, 0.2) is 0 Å². The molecule has 68 valence electrons. The molecule has 0 aromatic heterocycles. The number of rotatable bonds is 4. The average Bonchev–Trinajstić information content (AvgIpc) is 1.86. The lowest BCUT2D eigenvalue weighted by molar-refractivity contribution is 0.492. The minimum absolute atomic E-state index is 0.220. The van der Waals surface area contributed by atoms with Crippen LogP contribution in [0, 0.1) is 0 Å². The Bertz CT molecular complexity index is 200. The van der Waals surface area contributed by atoms with Gasteiger partial charge in [-0.3, -0.25) is 0 Å². The van der Waals surface area contributed by atoms with Gasteiger partial charge in [0.05, 0.1) is 0 Å². The van der Waals surface area contributed by atoms with Crippen molar-refractivity contribution >= 4 is 10.2 Å². The monoisotopic (exact) mass is 181 g/mol. The minimum atomic E-state index is -3.31. The Labute approximate surface area is 67.7 Å². The largest absolute Gasteiger partial charge is 0.329 e. The van der Waals surface area contributed by atoms with Crippen molar-refractivity contribution in [1.29, 1.82) is 0 Å². The maximum atomic E-state index is 11.1. The van der Waals surface area contributed by atoms with Crippen molar-refractivity contribution in [3.63, 3.8) is 0 Å². The van der Waals surface area contributed by atoms with Crippen molar-refractivity contribution < 1.29 is 8.42 Å². The van der Waals surface area contributed by atoms with Crippen molar-refractivity contribution in [2.75, 3.05) is 20.6 Å². The van der Waals surface area contributed by atoms with E-state index in [1.54, 1.807) is 6.92 Å². The minimum Gasteiger partial charge on any atom is -0.329 e. The Morgan fingerprint density at radius 2 is 2.00 bits per heavy atom. The summed E-state index contributed by atoms with van der Waals surface area (Å²) >= 11 is 0. The number of nitrogens with zero attached hydrogens (tertiary/aromatic N) is 1. The van der Waals surface area contributed by atoms with E-state index < -0.39 is 10.2 Å². The summed E-state index contributed by atoms with van der Waals surface area (Å²) in [6.07, 6.45) is 0. The molecule has 0 unspecified atom stereocenters. The summed E-state index contributed by atoms with van der Waals surface area (Å²) in [6.45, 7) is 2.01. The quantitative estimate of drug-likeness (QED) is 0.568. The normalized spacial score (nSPS) is 15.4. The predicted molar refractivity (Wildman–Crippen MR) is 44.3 cm³/mol. The fraction of sp³-hybridized carbons (Fsp3) is 1.00. The summed E-state index contributed by atoms with van der Waals surface area (Å²) in [5, 5.41) is 0. The Balaban J connectivity index is 4.15.